The zero-order valence-electron chi connectivity index (χ0n) is 34.6. The number of non-ortho nitro benzene ring substituents is 1. The third kappa shape index (κ3) is 8.32. The summed E-state index contributed by atoms with van der Waals surface area (Å²) in [6.07, 6.45) is -7.22. The summed E-state index contributed by atoms with van der Waals surface area (Å²) in [6, 6.07) is 28.3. The van der Waals surface area contributed by atoms with Crippen LogP contribution in [-0.4, -0.2) is 11.1 Å². The first-order valence-corrected chi connectivity index (χ1v) is 19.5. The molecule has 0 aliphatic rings. The van der Waals surface area contributed by atoms with E-state index in [1.54, 1.807) is 12.1 Å². The van der Waals surface area contributed by atoms with Gasteiger partial charge in [-0.25, -0.2) is 87.8 Å². The molecule has 0 unspecified atom stereocenters. The van der Waals surface area contributed by atoms with Gasteiger partial charge in [-0.15, -0.1) is 21.9 Å². The standard InChI is InChI=1S/C24BF20.C22H17N2O3/c26-5-1(6(27)14(35)21(42)13(5)34)25(2-7(28)15(36)22(43)16(37)8(2)29,3-9(30)17(38)23(44)18(39)10(3)31)4-11(32)19(40)24(45)20(41)12(4)33;25-24(26)19-10-6-11-20(15-19)27-22-14-13-18-9-4-5-12-21(18)23(22)16-17-7-2-1-3-8-17/h;1-15H,16H2/q-1;+1. The molecular formula is C46H17BF20N2O3. The summed E-state index contributed by atoms with van der Waals surface area (Å²) >= 11 is 0. The van der Waals surface area contributed by atoms with Crippen molar-refractivity contribution in [2.24, 2.45) is 0 Å². The van der Waals surface area contributed by atoms with E-state index < -0.39 is 149 Å². The zero-order chi connectivity index (χ0) is 53.0. The van der Waals surface area contributed by atoms with Crippen LogP contribution in [0.3, 0.4) is 0 Å². The molecule has 72 heavy (non-hydrogen) atoms. The SMILES string of the molecule is Fc1c(F)c(F)c([B-](c2c(F)c(F)c(F)c(F)c2F)(c2c(F)c(F)c(F)c(F)c2F)c2c(F)c(F)c(F)c(F)c2F)c(F)c1F.O=[N+]([O-])c1cccc(Oc2ccc3ccccc3[n+]2Cc2ccccc2)c1. The highest BCUT2D eigenvalue weighted by Gasteiger charge is 2.52. The van der Waals surface area contributed by atoms with E-state index in [4.69, 9.17) is 4.74 Å². The van der Waals surface area contributed by atoms with Gasteiger partial charge >= 0.3 is 5.88 Å². The van der Waals surface area contributed by atoms with Crippen molar-refractivity contribution in [1.82, 2.24) is 0 Å². The van der Waals surface area contributed by atoms with Crippen LogP contribution in [0.5, 0.6) is 11.6 Å². The van der Waals surface area contributed by atoms with Crippen molar-refractivity contribution in [3.63, 3.8) is 0 Å². The second-order valence-corrected chi connectivity index (χ2v) is 15.0. The van der Waals surface area contributed by atoms with Gasteiger partial charge in [0.2, 0.25) is 5.52 Å². The van der Waals surface area contributed by atoms with Crippen LogP contribution in [0.1, 0.15) is 5.56 Å². The lowest BCUT2D eigenvalue weighted by molar-refractivity contribution is -0.666. The quantitative estimate of drug-likeness (QED) is 0.0275. The van der Waals surface area contributed by atoms with E-state index in [9.17, 15) is 62.8 Å². The Kier molecular flexibility index (Phi) is 14.0. The van der Waals surface area contributed by atoms with Crippen molar-refractivity contribution < 1.29 is 102 Å². The molecular weight excluding hydrogens is 1020 g/mol. The molecule has 0 bridgehead atoms. The molecule has 1 aromatic heterocycles. The first-order valence-electron chi connectivity index (χ1n) is 19.5. The Morgan fingerprint density at radius 1 is 0.403 bits per heavy atom. The minimum Gasteiger partial charge on any atom is -0.405 e. The van der Waals surface area contributed by atoms with Crippen LogP contribution >= 0.6 is 0 Å². The largest absolute Gasteiger partial charge is 0.405 e. The highest BCUT2D eigenvalue weighted by molar-refractivity contribution is 7.20. The maximum atomic E-state index is 15.4. The van der Waals surface area contributed by atoms with Crippen molar-refractivity contribution in [1.29, 1.82) is 0 Å². The van der Waals surface area contributed by atoms with Gasteiger partial charge in [0.25, 0.3) is 5.69 Å². The normalized spacial score (nSPS) is 11.5. The number of pyridine rings is 1. The number of ether oxygens (including phenoxy) is 1. The molecule has 0 saturated heterocycles. The molecule has 0 radical (unpaired) electrons. The first-order chi connectivity index (χ1) is 33.9. The molecule has 8 aromatic rings. The fraction of sp³-hybridized carbons (Fsp3) is 0.0217. The van der Waals surface area contributed by atoms with Crippen molar-refractivity contribution in [2.45, 2.75) is 6.54 Å². The summed E-state index contributed by atoms with van der Waals surface area (Å²) in [5.41, 5.74) is -12.2. The Bertz CT molecular complexity index is 3150. The predicted molar refractivity (Wildman–Crippen MR) is 212 cm³/mol. The summed E-state index contributed by atoms with van der Waals surface area (Å²) in [6.45, 7) is 0.631. The van der Waals surface area contributed by atoms with Crippen LogP contribution in [0.4, 0.5) is 93.5 Å². The Labute approximate surface area is 387 Å². The van der Waals surface area contributed by atoms with Gasteiger partial charge in [-0.3, -0.25) is 10.1 Å². The van der Waals surface area contributed by atoms with Gasteiger partial charge in [0.1, 0.15) is 58.4 Å². The number of halogens is 20. The number of hydrogen-bond acceptors (Lipinski definition) is 3. The first kappa shape index (κ1) is 51.7. The monoisotopic (exact) mass is 1040 g/mol. The number of hydrogen-bond donors (Lipinski definition) is 0. The number of nitro groups is 1. The van der Waals surface area contributed by atoms with Crippen molar-refractivity contribution >= 4 is 44.6 Å². The Balaban J connectivity index is 0.000000238. The molecule has 0 atom stereocenters. The summed E-state index contributed by atoms with van der Waals surface area (Å²) in [5, 5.41) is 12.1. The average Bonchev–Trinajstić information content (AvgIpc) is 3.37. The number of nitrogens with zero attached hydrogens (tertiary/aromatic N) is 2. The van der Waals surface area contributed by atoms with Gasteiger partial charge in [0, 0.05) is 23.1 Å². The molecule has 0 N–H and O–H groups in total. The third-order valence-corrected chi connectivity index (χ3v) is 11.0. The lowest BCUT2D eigenvalue weighted by Crippen LogP contribution is -2.81. The molecule has 0 aliphatic heterocycles. The predicted octanol–water partition coefficient (Wildman–Crippen LogP) is 10.7. The number of fused-ring (bicyclic) bond motifs is 1. The molecule has 8 rings (SSSR count). The number of benzene rings is 7. The molecule has 1 heterocycles. The number of nitro benzene ring substituents is 1. The number of aromatic nitrogens is 1. The van der Waals surface area contributed by atoms with Gasteiger partial charge in [0.15, 0.2) is 76.4 Å². The van der Waals surface area contributed by atoms with Crippen LogP contribution in [0, 0.1) is 126 Å². The summed E-state index contributed by atoms with van der Waals surface area (Å²) < 4.78 is 302. The van der Waals surface area contributed by atoms with Gasteiger partial charge < -0.3 is 4.74 Å². The second-order valence-electron chi connectivity index (χ2n) is 15.0. The third-order valence-electron chi connectivity index (χ3n) is 11.0. The molecule has 0 fully saturated rings. The average molecular weight is 1040 g/mol. The van der Waals surface area contributed by atoms with Gasteiger partial charge in [-0.05, 0) is 18.2 Å². The van der Waals surface area contributed by atoms with Gasteiger partial charge in [0.05, 0.1) is 17.1 Å². The van der Waals surface area contributed by atoms with Crippen molar-refractivity contribution in [3.05, 3.63) is 223 Å². The number of rotatable bonds is 9. The smallest absolute Gasteiger partial charge is 0.374 e. The fourth-order valence-corrected chi connectivity index (χ4v) is 7.92. The Morgan fingerprint density at radius 3 is 1.12 bits per heavy atom. The minimum absolute atomic E-state index is 0.00268. The molecule has 0 saturated carbocycles. The molecule has 5 nitrogen and oxygen atoms in total. The van der Waals surface area contributed by atoms with E-state index >= 15 is 35.1 Å². The zero-order valence-corrected chi connectivity index (χ0v) is 34.6. The summed E-state index contributed by atoms with van der Waals surface area (Å²) in [4.78, 5) is 10.6. The molecule has 7 aromatic carbocycles. The van der Waals surface area contributed by atoms with Crippen molar-refractivity contribution in [2.75, 3.05) is 0 Å². The van der Waals surface area contributed by atoms with Crippen LogP contribution < -0.4 is 31.2 Å². The van der Waals surface area contributed by atoms with Crippen LogP contribution in [0.15, 0.2) is 91.0 Å². The van der Waals surface area contributed by atoms with E-state index in [1.165, 1.54) is 12.1 Å². The fourth-order valence-electron chi connectivity index (χ4n) is 7.92. The highest BCUT2D eigenvalue weighted by Crippen LogP contribution is 2.31. The van der Waals surface area contributed by atoms with E-state index in [0.717, 1.165) is 16.5 Å². The molecule has 0 amide bonds. The lowest BCUT2D eigenvalue weighted by Gasteiger charge is -2.44. The maximum absolute atomic E-state index is 15.4. The maximum Gasteiger partial charge on any atom is 0.374 e. The molecule has 0 spiro atoms. The van der Waals surface area contributed by atoms with E-state index in [-0.39, 0.29) is 5.69 Å². The Hall–Kier alpha value is -8.19. The summed E-state index contributed by atoms with van der Waals surface area (Å²) in [5.74, 6) is -70.4. The number of para-hydroxylation sites is 1. The Morgan fingerprint density at radius 2 is 0.750 bits per heavy atom. The molecule has 0 aliphatic carbocycles. The molecule has 372 valence electrons. The highest BCUT2D eigenvalue weighted by atomic mass is 19.2. The van der Waals surface area contributed by atoms with E-state index in [2.05, 4.69) is 16.7 Å². The summed E-state index contributed by atoms with van der Waals surface area (Å²) in [7, 11) is 0. The van der Waals surface area contributed by atoms with Crippen molar-refractivity contribution in [3.8, 4) is 11.6 Å². The van der Waals surface area contributed by atoms with E-state index in [1.807, 2.05) is 54.6 Å². The van der Waals surface area contributed by atoms with Gasteiger partial charge in [-0.1, -0.05) is 48.5 Å². The van der Waals surface area contributed by atoms with Gasteiger partial charge in [-0.2, -0.15) is 4.57 Å². The van der Waals surface area contributed by atoms with Crippen LogP contribution in [0.25, 0.3) is 10.9 Å². The molecule has 26 heteroatoms. The van der Waals surface area contributed by atoms with Crippen LogP contribution in [-0.2, 0) is 6.54 Å². The topological polar surface area (TPSA) is 56.3 Å². The lowest BCUT2D eigenvalue weighted by atomic mass is 9.12. The van der Waals surface area contributed by atoms with E-state index in [0.29, 0.717) is 18.2 Å². The van der Waals surface area contributed by atoms with Crippen LogP contribution in [0.2, 0.25) is 0 Å². The minimum atomic E-state index is -7.22. The second kappa shape index (κ2) is 19.5.